The summed E-state index contributed by atoms with van der Waals surface area (Å²) in [6.07, 6.45) is 0. The van der Waals surface area contributed by atoms with E-state index in [2.05, 4.69) is 20.4 Å². The van der Waals surface area contributed by atoms with E-state index in [1.807, 2.05) is 0 Å². The van der Waals surface area contributed by atoms with Gasteiger partial charge in [0.15, 0.2) is 5.96 Å². The highest BCUT2D eigenvalue weighted by Gasteiger charge is 2.06. The summed E-state index contributed by atoms with van der Waals surface area (Å²) in [5, 5.41) is 10.1. The van der Waals surface area contributed by atoms with Gasteiger partial charge in [-0.05, 0) is 18.2 Å². The lowest BCUT2D eigenvalue weighted by Crippen LogP contribution is -2.24. The molecule has 76 valence electrons. The van der Waals surface area contributed by atoms with E-state index in [0.717, 1.165) is 0 Å². The number of aliphatic imine (C=N–C) groups is 1. The minimum Gasteiger partial charge on any atom is -0.370 e. The Morgan fingerprint density at radius 1 is 1.27 bits per heavy atom. The smallest absolute Gasteiger partial charge is 0.280 e. The predicted molar refractivity (Wildman–Crippen MR) is 54.0 cm³/mol. The van der Waals surface area contributed by atoms with E-state index in [4.69, 9.17) is 11.5 Å². The first kappa shape index (κ1) is 9.13. The third-order valence-electron chi connectivity index (χ3n) is 1.79. The van der Waals surface area contributed by atoms with Crippen LogP contribution in [0.15, 0.2) is 23.2 Å². The second-order valence-electron chi connectivity index (χ2n) is 2.87. The average Bonchev–Trinajstić information content (AvgIpc) is 2.62. The Hall–Kier alpha value is -2.44. The Morgan fingerprint density at radius 3 is 2.73 bits per heavy atom. The highest BCUT2D eigenvalue weighted by Crippen LogP contribution is 2.11. The lowest BCUT2D eigenvalue weighted by Gasteiger charge is -1.94. The highest BCUT2D eigenvalue weighted by atomic mass is 16.1. The molecule has 0 saturated heterocycles. The molecule has 0 fully saturated rings. The molecule has 0 aliphatic carbocycles. The number of carbonyl (C=O) groups is 1. The molecule has 1 heterocycles. The second-order valence-corrected chi connectivity index (χ2v) is 2.87. The van der Waals surface area contributed by atoms with Gasteiger partial charge in [0.2, 0.25) is 0 Å². The minimum atomic E-state index is -0.500. The van der Waals surface area contributed by atoms with Gasteiger partial charge in [-0.1, -0.05) is 0 Å². The third-order valence-corrected chi connectivity index (χ3v) is 1.79. The molecular formula is C8H8N6O. The van der Waals surface area contributed by atoms with Crippen LogP contribution in [0.2, 0.25) is 0 Å². The van der Waals surface area contributed by atoms with Gasteiger partial charge < -0.3 is 11.5 Å². The summed E-state index contributed by atoms with van der Waals surface area (Å²) in [4.78, 5) is 14.8. The van der Waals surface area contributed by atoms with Gasteiger partial charge in [0.05, 0.1) is 0 Å². The molecule has 0 aliphatic rings. The monoisotopic (exact) mass is 204 g/mol. The summed E-state index contributed by atoms with van der Waals surface area (Å²) in [5.74, 6) is -0.764. The Bertz CT molecular complexity index is 539. The number of hydrogen-bond donors (Lipinski definition) is 3. The van der Waals surface area contributed by atoms with Gasteiger partial charge in [0, 0.05) is 5.56 Å². The summed E-state index contributed by atoms with van der Waals surface area (Å²) >= 11 is 0. The zero-order chi connectivity index (χ0) is 10.8. The number of benzene rings is 1. The van der Waals surface area contributed by atoms with Crippen LogP contribution in [0.25, 0.3) is 11.0 Å². The van der Waals surface area contributed by atoms with Crippen LogP contribution in [0.5, 0.6) is 0 Å². The topological polar surface area (TPSA) is 123 Å². The van der Waals surface area contributed by atoms with Crippen LogP contribution in [0.1, 0.15) is 10.4 Å². The van der Waals surface area contributed by atoms with E-state index in [1.165, 1.54) is 0 Å². The molecule has 1 aromatic heterocycles. The van der Waals surface area contributed by atoms with Crippen LogP contribution in [-0.2, 0) is 0 Å². The Labute approximate surface area is 84.2 Å². The van der Waals surface area contributed by atoms with Gasteiger partial charge in [-0.25, -0.2) is 0 Å². The van der Waals surface area contributed by atoms with E-state index >= 15 is 0 Å². The fourth-order valence-corrected chi connectivity index (χ4v) is 1.16. The van der Waals surface area contributed by atoms with Gasteiger partial charge in [0.1, 0.15) is 11.0 Å². The van der Waals surface area contributed by atoms with Crippen LogP contribution in [-0.4, -0.2) is 27.3 Å². The van der Waals surface area contributed by atoms with E-state index in [1.54, 1.807) is 18.2 Å². The molecule has 0 unspecified atom stereocenters. The predicted octanol–water partition coefficient (Wildman–Crippen LogP) is -0.629. The lowest BCUT2D eigenvalue weighted by molar-refractivity contribution is 0.100. The SMILES string of the molecule is NC(N)=NC(=O)c1ccc2n[nH]nc2c1. The molecule has 2 rings (SSSR count). The second kappa shape index (κ2) is 3.37. The molecule has 0 atom stereocenters. The lowest BCUT2D eigenvalue weighted by atomic mass is 10.2. The minimum absolute atomic E-state index is 0.264. The highest BCUT2D eigenvalue weighted by molar-refractivity contribution is 6.03. The number of nitrogens with one attached hydrogen (secondary N) is 1. The van der Waals surface area contributed by atoms with E-state index < -0.39 is 5.91 Å². The average molecular weight is 204 g/mol. The Morgan fingerprint density at radius 2 is 2.00 bits per heavy atom. The molecule has 0 saturated carbocycles. The molecule has 0 radical (unpaired) electrons. The van der Waals surface area contributed by atoms with Crippen molar-refractivity contribution in [2.45, 2.75) is 0 Å². The van der Waals surface area contributed by atoms with Crippen LogP contribution >= 0.6 is 0 Å². The van der Waals surface area contributed by atoms with E-state index in [-0.39, 0.29) is 5.96 Å². The number of amides is 1. The first-order chi connectivity index (χ1) is 7.16. The molecule has 7 nitrogen and oxygen atoms in total. The molecule has 0 bridgehead atoms. The molecular weight excluding hydrogens is 196 g/mol. The number of H-pyrrole nitrogens is 1. The number of nitrogens with zero attached hydrogens (tertiary/aromatic N) is 3. The van der Waals surface area contributed by atoms with Crippen molar-refractivity contribution in [1.29, 1.82) is 0 Å². The van der Waals surface area contributed by atoms with Crippen molar-refractivity contribution >= 4 is 22.9 Å². The van der Waals surface area contributed by atoms with E-state index in [9.17, 15) is 4.79 Å². The van der Waals surface area contributed by atoms with Crippen LogP contribution in [0.3, 0.4) is 0 Å². The quantitative estimate of drug-likeness (QED) is 0.421. The maximum atomic E-state index is 11.4. The van der Waals surface area contributed by atoms with Crippen LogP contribution < -0.4 is 11.5 Å². The molecule has 5 N–H and O–H groups in total. The molecule has 1 aromatic carbocycles. The first-order valence-electron chi connectivity index (χ1n) is 4.11. The van der Waals surface area contributed by atoms with Gasteiger partial charge in [0.25, 0.3) is 5.91 Å². The molecule has 0 spiro atoms. The van der Waals surface area contributed by atoms with Gasteiger partial charge in [-0.3, -0.25) is 4.79 Å². The number of nitrogens with two attached hydrogens (primary N) is 2. The fraction of sp³-hybridized carbons (Fsp3) is 0. The van der Waals surface area contributed by atoms with Crippen molar-refractivity contribution in [2.24, 2.45) is 16.5 Å². The molecule has 0 aliphatic heterocycles. The largest absolute Gasteiger partial charge is 0.370 e. The number of rotatable bonds is 1. The summed E-state index contributed by atoms with van der Waals surface area (Å²) in [6.45, 7) is 0. The van der Waals surface area contributed by atoms with Crippen LogP contribution in [0.4, 0.5) is 0 Å². The van der Waals surface area contributed by atoms with Crippen molar-refractivity contribution in [1.82, 2.24) is 15.4 Å². The maximum Gasteiger partial charge on any atom is 0.280 e. The molecule has 15 heavy (non-hydrogen) atoms. The van der Waals surface area contributed by atoms with Gasteiger partial charge in [-0.15, -0.1) is 0 Å². The van der Waals surface area contributed by atoms with Gasteiger partial charge >= 0.3 is 0 Å². The van der Waals surface area contributed by atoms with Crippen molar-refractivity contribution in [3.05, 3.63) is 23.8 Å². The van der Waals surface area contributed by atoms with Crippen molar-refractivity contribution < 1.29 is 4.79 Å². The standard InChI is InChI=1S/C8H8N6O/c9-8(10)11-7(15)4-1-2-5-6(3-4)13-14-12-5/h1-3H,(H,12,13,14)(H4,9,10,11,15). The maximum absolute atomic E-state index is 11.4. The van der Waals surface area contributed by atoms with E-state index in [0.29, 0.717) is 16.6 Å². The van der Waals surface area contributed by atoms with Crippen molar-refractivity contribution in [3.63, 3.8) is 0 Å². The number of carbonyl (C=O) groups excluding carboxylic acids is 1. The Kier molecular flexibility index (Phi) is 2.05. The summed E-state index contributed by atoms with van der Waals surface area (Å²) in [7, 11) is 0. The molecule has 7 heteroatoms. The summed E-state index contributed by atoms with van der Waals surface area (Å²) < 4.78 is 0. The number of aromatic nitrogens is 3. The number of aromatic amines is 1. The number of hydrogen-bond acceptors (Lipinski definition) is 3. The summed E-state index contributed by atoms with van der Waals surface area (Å²) in [6, 6.07) is 4.81. The number of fused-ring (bicyclic) bond motifs is 1. The fourth-order valence-electron chi connectivity index (χ4n) is 1.16. The van der Waals surface area contributed by atoms with Crippen molar-refractivity contribution in [3.8, 4) is 0 Å². The summed E-state index contributed by atoms with van der Waals surface area (Å²) in [5.41, 5.74) is 11.8. The van der Waals surface area contributed by atoms with Gasteiger partial charge in [-0.2, -0.15) is 20.4 Å². The molecule has 2 aromatic rings. The normalized spacial score (nSPS) is 10.1. The molecule has 1 amide bonds. The first-order valence-corrected chi connectivity index (χ1v) is 4.11. The zero-order valence-corrected chi connectivity index (χ0v) is 7.64. The zero-order valence-electron chi connectivity index (χ0n) is 7.64. The van der Waals surface area contributed by atoms with Crippen molar-refractivity contribution in [2.75, 3.05) is 0 Å². The van der Waals surface area contributed by atoms with Crippen LogP contribution in [0, 0.1) is 0 Å². The number of guanidine groups is 1. The Balaban J connectivity index is 2.44. The third kappa shape index (κ3) is 1.75.